The van der Waals surface area contributed by atoms with Crippen molar-refractivity contribution in [2.24, 2.45) is 5.73 Å². The van der Waals surface area contributed by atoms with Gasteiger partial charge in [0.15, 0.2) is 0 Å². The molecule has 78 valence electrons. The van der Waals surface area contributed by atoms with Crippen molar-refractivity contribution in [3.8, 4) is 0 Å². The van der Waals surface area contributed by atoms with E-state index in [0.717, 1.165) is 0 Å². The first kappa shape index (κ1) is 11.5. The van der Waals surface area contributed by atoms with Crippen molar-refractivity contribution in [1.29, 1.82) is 0 Å². The second kappa shape index (κ2) is 5.35. The summed E-state index contributed by atoms with van der Waals surface area (Å²) >= 11 is 3.12. The molecule has 0 radical (unpaired) electrons. The van der Waals surface area contributed by atoms with E-state index < -0.39 is 12.2 Å². The lowest BCUT2D eigenvalue weighted by Crippen LogP contribution is -2.22. The third kappa shape index (κ3) is 2.98. The number of aliphatic hydroxyl groups is 2. The van der Waals surface area contributed by atoms with Gasteiger partial charge in [0.1, 0.15) is 10.7 Å². The monoisotopic (exact) mass is 261 g/mol. The van der Waals surface area contributed by atoms with Crippen molar-refractivity contribution >= 4 is 15.9 Å². The molecule has 1 heterocycles. The van der Waals surface area contributed by atoms with E-state index in [9.17, 15) is 10.2 Å². The molecule has 0 saturated carbocycles. The maximum absolute atomic E-state index is 9.59. The second-order valence-electron chi connectivity index (χ2n) is 2.85. The Morgan fingerprint density at radius 1 is 1.36 bits per heavy atom. The minimum atomic E-state index is -1.03. The molecular weight excluding hydrogens is 250 g/mol. The smallest absolute Gasteiger partial charge is 0.124 e. The highest BCUT2D eigenvalue weighted by atomic mass is 79.9. The van der Waals surface area contributed by atoms with Crippen molar-refractivity contribution in [3.63, 3.8) is 0 Å². The molecule has 4 N–H and O–H groups in total. The van der Waals surface area contributed by atoms with E-state index in [-0.39, 0.29) is 0 Å². The van der Waals surface area contributed by atoms with Crippen LogP contribution in [0.3, 0.4) is 0 Å². The molecule has 2 atom stereocenters. The summed E-state index contributed by atoms with van der Waals surface area (Å²) in [6.07, 6.45) is 1.29. The number of nitrogens with zero attached hydrogens (tertiary/aromatic N) is 2. The fraction of sp³-hybridized carbons (Fsp3) is 0.500. The average molecular weight is 262 g/mol. The fourth-order valence-electron chi connectivity index (χ4n) is 1.00. The van der Waals surface area contributed by atoms with Gasteiger partial charge in [-0.25, -0.2) is 4.98 Å². The SMILES string of the molecule is NCCC(O)C(O)c1cnc(Br)cn1. The Morgan fingerprint density at radius 2 is 2.07 bits per heavy atom. The molecule has 0 saturated heterocycles. The molecule has 1 aromatic heterocycles. The minimum absolute atomic E-state index is 0.322. The summed E-state index contributed by atoms with van der Waals surface area (Å²) in [6, 6.07) is 0. The standard InChI is InChI=1S/C8H12BrN3O2/c9-7-4-11-5(3-12-7)8(14)6(13)1-2-10/h3-4,6,8,13-14H,1-2,10H2. The number of hydrogen-bond donors (Lipinski definition) is 3. The Bertz CT molecular complexity index is 280. The number of nitrogens with two attached hydrogens (primary N) is 1. The molecule has 0 aromatic carbocycles. The largest absolute Gasteiger partial charge is 0.390 e. The predicted octanol–water partition coefficient (Wildman–Crippen LogP) is -0.0178. The van der Waals surface area contributed by atoms with Crippen LogP contribution in [-0.4, -0.2) is 32.8 Å². The van der Waals surface area contributed by atoms with Gasteiger partial charge < -0.3 is 15.9 Å². The van der Waals surface area contributed by atoms with Crippen LogP contribution in [0.15, 0.2) is 17.0 Å². The van der Waals surface area contributed by atoms with E-state index in [2.05, 4.69) is 25.9 Å². The number of aromatic nitrogens is 2. The maximum Gasteiger partial charge on any atom is 0.124 e. The van der Waals surface area contributed by atoms with E-state index >= 15 is 0 Å². The lowest BCUT2D eigenvalue weighted by molar-refractivity contribution is 0.0122. The molecular formula is C8H12BrN3O2. The molecule has 0 aliphatic heterocycles. The van der Waals surface area contributed by atoms with Gasteiger partial charge in [0, 0.05) is 0 Å². The number of halogens is 1. The average Bonchev–Trinajstić information content (AvgIpc) is 2.18. The lowest BCUT2D eigenvalue weighted by atomic mass is 10.1. The molecule has 1 rings (SSSR count). The number of rotatable bonds is 4. The topological polar surface area (TPSA) is 92.3 Å². The summed E-state index contributed by atoms with van der Waals surface area (Å²) in [5.41, 5.74) is 5.60. The minimum Gasteiger partial charge on any atom is -0.390 e. The van der Waals surface area contributed by atoms with Crippen LogP contribution in [0.4, 0.5) is 0 Å². The quantitative estimate of drug-likeness (QED) is 0.709. The summed E-state index contributed by atoms with van der Waals surface area (Å²) in [4.78, 5) is 7.82. The molecule has 0 spiro atoms. The number of aliphatic hydroxyl groups excluding tert-OH is 2. The maximum atomic E-state index is 9.59. The molecule has 5 nitrogen and oxygen atoms in total. The third-order valence-corrected chi connectivity index (χ3v) is 2.18. The van der Waals surface area contributed by atoms with Gasteiger partial charge in [-0.3, -0.25) is 4.98 Å². The van der Waals surface area contributed by atoms with Crippen LogP contribution in [0.25, 0.3) is 0 Å². The molecule has 0 amide bonds. The van der Waals surface area contributed by atoms with E-state index in [4.69, 9.17) is 5.73 Å². The Balaban J connectivity index is 2.68. The molecule has 0 aliphatic rings. The molecule has 0 aliphatic carbocycles. The fourth-order valence-corrected chi connectivity index (χ4v) is 1.21. The molecule has 6 heteroatoms. The zero-order valence-electron chi connectivity index (χ0n) is 7.47. The predicted molar refractivity (Wildman–Crippen MR) is 54.4 cm³/mol. The Labute approximate surface area is 90.1 Å². The van der Waals surface area contributed by atoms with Gasteiger partial charge in [0.2, 0.25) is 0 Å². The lowest BCUT2D eigenvalue weighted by Gasteiger charge is -2.15. The van der Waals surface area contributed by atoms with Crippen LogP contribution in [0.1, 0.15) is 18.2 Å². The molecule has 2 unspecified atom stereocenters. The van der Waals surface area contributed by atoms with Crippen LogP contribution in [0.2, 0.25) is 0 Å². The highest BCUT2D eigenvalue weighted by Gasteiger charge is 2.18. The van der Waals surface area contributed by atoms with Crippen LogP contribution in [0, 0.1) is 0 Å². The van der Waals surface area contributed by atoms with Crippen molar-refractivity contribution in [3.05, 3.63) is 22.7 Å². The van der Waals surface area contributed by atoms with Crippen LogP contribution >= 0.6 is 15.9 Å². The Kier molecular flexibility index (Phi) is 4.40. The van der Waals surface area contributed by atoms with Crippen LogP contribution in [0.5, 0.6) is 0 Å². The summed E-state index contributed by atoms with van der Waals surface area (Å²) in [5.74, 6) is 0. The third-order valence-electron chi connectivity index (χ3n) is 1.77. The van der Waals surface area contributed by atoms with Gasteiger partial charge >= 0.3 is 0 Å². The summed E-state index contributed by atoms with van der Waals surface area (Å²) in [7, 11) is 0. The zero-order valence-corrected chi connectivity index (χ0v) is 9.05. The molecule has 14 heavy (non-hydrogen) atoms. The first-order chi connectivity index (χ1) is 6.65. The normalized spacial score (nSPS) is 15.1. The highest BCUT2D eigenvalue weighted by Crippen LogP contribution is 2.16. The van der Waals surface area contributed by atoms with Gasteiger partial charge in [0.25, 0.3) is 0 Å². The van der Waals surface area contributed by atoms with Crippen molar-refractivity contribution in [1.82, 2.24) is 9.97 Å². The van der Waals surface area contributed by atoms with Gasteiger partial charge in [-0.15, -0.1) is 0 Å². The Hall–Kier alpha value is -0.560. The molecule has 0 fully saturated rings. The molecule has 0 bridgehead atoms. The van der Waals surface area contributed by atoms with E-state index in [1.54, 1.807) is 0 Å². The first-order valence-corrected chi connectivity index (χ1v) is 4.98. The van der Waals surface area contributed by atoms with Crippen LogP contribution in [-0.2, 0) is 0 Å². The first-order valence-electron chi connectivity index (χ1n) is 4.18. The summed E-state index contributed by atoms with van der Waals surface area (Å²) in [5, 5.41) is 19.0. The van der Waals surface area contributed by atoms with Crippen molar-refractivity contribution < 1.29 is 10.2 Å². The number of hydrogen-bond acceptors (Lipinski definition) is 5. The molecule has 1 aromatic rings. The van der Waals surface area contributed by atoms with Gasteiger partial charge in [0.05, 0.1) is 24.2 Å². The Morgan fingerprint density at radius 3 is 2.57 bits per heavy atom. The van der Waals surface area contributed by atoms with Gasteiger partial charge in [-0.2, -0.15) is 0 Å². The van der Waals surface area contributed by atoms with Crippen molar-refractivity contribution in [2.75, 3.05) is 6.54 Å². The summed E-state index contributed by atoms with van der Waals surface area (Å²) < 4.78 is 0.585. The second-order valence-corrected chi connectivity index (χ2v) is 3.67. The van der Waals surface area contributed by atoms with E-state index in [1.165, 1.54) is 12.4 Å². The van der Waals surface area contributed by atoms with Gasteiger partial charge in [-0.1, -0.05) is 0 Å². The van der Waals surface area contributed by atoms with Crippen molar-refractivity contribution in [2.45, 2.75) is 18.6 Å². The van der Waals surface area contributed by atoms with Gasteiger partial charge in [-0.05, 0) is 28.9 Å². The zero-order chi connectivity index (χ0) is 10.6. The van der Waals surface area contributed by atoms with Crippen LogP contribution < -0.4 is 5.73 Å². The highest BCUT2D eigenvalue weighted by molar-refractivity contribution is 9.10. The van der Waals surface area contributed by atoms with E-state index in [0.29, 0.717) is 23.3 Å². The summed E-state index contributed by atoms with van der Waals surface area (Å²) in [6.45, 7) is 0.322. The van der Waals surface area contributed by atoms with E-state index in [1.807, 2.05) is 0 Å².